The lowest BCUT2D eigenvalue weighted by atomic mass is 10.1. The van der Waals surface area contributed by atoms with E-state index < -0.39 is 0 Å². The average molecular weight is 210 g/mol. The zero-order valence-corrected chi connectivity index (χ0v) is 8.58. The smallest absolute Gasteiger partial charge is 0.141 e. The quantitative estimate of drug-likeness (QED) is 0.820. The number of nitrogens with one attached hydrogen (secondary N) is 1. The number of ether oxygens (including phenoxy) is 1. The van der Waals surface area contributed by atoms with Crippen LogP contribution in [0.2, 0.25) is 0 Å². The van der Waals surface area contributed by atoms with E-state index in [-0.39, 0.29) is 5.82 Å². The normalized spacial score (nSPS) is 17.9. The SMILES string of the molecule is Fc1cncc(CNC2CCOCC2)c1. The first-order chi connectivity index (χ1) is 7.34. The molecular weight excluding hydrogens is 195 g/mol. The standard InChI is InChI=1S/C11H15FN2O/c12-10-5-9(6-13-8-10)7-14-11-1-3-15-4-2-11/h5-6,8,11,14H,1-4,7H2. The van der Waals surface area contributed by atoms with Gasteiger partial charge in [0.25, 0.3) is 0 Å². The highest BCUT2D eigenvalue weighted by Gasteiger charge is 2.12. The summed E-state index contributed by atoms with van der Waals surface area (Å²) in [6.45, 7) is 2.31. The maximum Gasteiger partial charge on any atom is 0.141 e. The van der Waals surface area contributed by atoms with E-state index in [1.807, 2.05) is 0 Å². The first-order valence-electron chi connectivity index (χ1n) is 5.25. The predicted octanol–water partition coefficient (Wildman–Crippen LogP) is 1.49. The molecule has 1 aromatic rings. The van der Waals surface area contributed by atoms with Crippen LogP contribution >= 0.6 is 0 Å². The fraction of sp³-hybridized carbons (Fsp3) is 0.545. The molecule has 0 bridgehead atoms. The van der Waals surface area contributed by atoms with Gasteiger partial charge < -0.3 is 10.1 Å². The number of hydrogen-bond acceptors (Lipinski definition) is 3. The summed E-state index contributed by atoms with van der Waals surface area (Å²) < 4.78 is 18.1. The summed E-state index contributed by atoms with van der Waals surface area (Å²) in [5.41, 5.74) is 0.890. The average Bonchev–Trinajstić information content (AvgIpc) is 2.28. The molecule has 0 spiro atoms. The minimum Gasteiger partial charge on any atom is -0.381 e. The van der Waals surface area contributed by atoms with Crippen LogP contribution in [0.3, 0.4) is 0 Å². The van der Waals surface area contributed by atoms with Gasteiger partial charge in [-0.3, -0.25) is 4.98 Å². The Morgan fingerprint density at radius 2 is 2.20 bits per heavy atom. The number of aromatic nitrogens is 1. The van der Waals surface area contributed by atoms with Crippen LogP contribution in [0.25, 0.3) is 0 Å². The highest BCUT2D eigenvalue weighted by molar-refractivity contribution is 5.09. The number of hydrogen-bond donors (Lipinski definition) is 1. The third-order valence-electron chi connectivity index (χ3n) is 2.58. The van der Waals surface area contributed by atoms with Crippen molar-refractivity contribution in [2.45, 2.75) is 25.4 Å². The van der Waals surface area contributed by atoms with Crippen LogP contribution in [-0.4, -0.2) is 24.2 Å². The fourth-order valence-electron chi connectivity index (χ4n) is 1.72. The summed E-state index contributed by atoms with van der Waals surface area (Å²) in [5.74, 6) is -0.277. The first-order valence-corrected chi connectivity index (χ1v) is 5.25. The van der Waals surface area contributed by atoms with Crippen LogP contribution in [0.1, 0.15) is 18.4 Å². The van der Waals surface area contributed by atoms with E-state index in [4.69, 9.17) is 4.74 Å². The van der Waals surface area contributed by atoms with Gasteiger partial charge in [0, 0.05) is 32.0 Å². The molecule has 1 N–H and O–H groups in total. The third-order valence-corrected chi connectivity index (χ3v) is 2.58. The molecular formula is C11H15FN2O. The van der Waals surface area contributed by atoms with E-state index in [1.165, 1.54) is 12.3 Å². The van der Waals surface area contributed by atoms with E-state index >= 15 is 0 Å². The summed E-state index contributed by atoms with van der Waals surface area (Å²) in [6, 6.07) is 2.00. The Labute approximate surface area is 88.7 Å². The lowest BCUT2D eigenvalue weighted by molar-refractivity contribution is 0.0776. The number of halogens is 1. The second kappa shape index (κ2) is 5.19. The van der Waals surface area contributed by atoms with Crippen LogP contribution in [0.4, 0.5) is 4.39 Å². The van der Waals surface area contributed by atoms with E-state index in [9.17, 15) is 4.39 Å². The molecule has 0 radical (unpaired) electrons. The van der Waals surface area contributed by atoms with Gasteiger partial charge in [0.15, 0.2) is 0 Å². The minimum absolute atomic E-state index is 0.277. The van der Waals surface area contributed by atoms with Gasteiger partial charge in [-0.15, -0.1) is 0 Å². The molecule has 1 fully saturated rings. The second-order valence-corrected chi connectivity index (χ2v) is 3.78. The molecule has 82 valence electrons. The molecule has 15 heavy (non-hydrogen) atoms. The Bertz CT molecular complexity index is 313. The fourth-order valence-corrected chi connectivity index (χ4v) is 1.72. The maximum atomic E-state index is 12.8. The minimum atomic E-state index is -0.277. The summed E-state index contributed by atoms with van der Waals surface area (Å²) in [5, 5.41) is 3.38. The topological polar surface area (TPSA) is 34.2 Å². The van der Waals surface area contributed by atoms with Gasteiger partial charge in [-0.2, -0.15) is 0 Å². The molecule has 0 aromatic carbocycles. The lowest BCUT2D eigenvalue weighted by Crippen LogP contribution is -2.34. The number of pyridine rings is 1. The Kier molecular flexibility index (Phi) is 3.64. The molecule has 1 aliphatic rings. The van der Waals surface area contributed by atoms with Gasteiger partial charge in [-0.05, 0) is 24.5 Å². The highest BCUT2D eigenvalue weighted by Crippen LogP contribution is 2.08. The van der Waals surface area contributed by atoms with Crippen LogP contribution in [0.15, 0.2) is 18.5 Å². The molecule has 0 amide bonds. The largest absolute Gasteiger partial charge is 0.381 e. The van der Waals surface area contributed by atoms with Crippen molar-refractivity contribution < 1.29 is 9.13 Å². The van der Waals surface area contributed by atoms with E-state index in [0.29, 0.717) is 12.6 Å². The van der Waals surface area contributed by atoms with Gasteiger partial charge in [0.05, 0.1) is 6.20 Å². The van der Waals surface area contributed by atoms with Crippen molar-refractivity contribution in [1.82, 2.24) is 10.3 Å². The van der Waals surface area contributed by atoms with Crippen molar-refractivity contribution in [2.24, 2.45) is 0 Å². The van der Waals surface area contributed by atoms with Crippen LogP contribution in [0, 0.1) is 5.82 Å². The second-order valence-electron chi connectivity index (χ2n) is 3.78. The van der Waals surface area contributed by atoms with E-state index in [2.05, 4.69) is 10.3 Å². The predicted molar refractivity (Wildman–Crippen MR) is 54.9 cm³/mol. The van der Waals surface area contributed by atoms with E-state index in [1.54, 1.807) is 6.20 Å². The summed E-state index contributed by atoms with van der Waals surface area (Å²) in [7, 11) is 0. The summed E-state index contributed by atoms with van der Waals surface area (Å²) >= 11 is 0. The Hall–Kier alpha value is -1.00. The molecule has 1 saturated heterocycles. The van der Waals surface area contributed by atoms with Crippen molar-refractivity contribution in [3.05, 3.63) is 29.8 Å². The van der Waals surface area contributed by atoms with Crippen LogP contribution in [-0.2, 0) is 11.3 Å². The highest BCUT2D eigenvalue weighted by atomic mass is 19.1. The van der Waals surface area contributed by atoms with Gasteiger partial charge in [0.2, 0.25) is 0 Å². The molecule has 0 aliphatic carbocycles. The van der Waals surface area contributed by atoms with Crippen LogP contribution in [0.5, 0.6) is 0 Å². The Morgan fingerprint density at radius 1 is 1.40 bits per heavy atom. The Balaban J connectivity index is 1.81. The first kappa shape index (κ1) is 10.5. The molecule has 4 heteroatoms. The molecule has 1 aromatic heterocycles. The van der Waals surface area contributed by atoms with Crippen molar-refractivity contribution in [3.63, 3.8) is 0 Å². The molecule has 2 heterocycles. The Morgan fingerprint density at radius 3 is 2.93 bits per heavy atom. The van der Waals surface area contributed by atoms with Crippen molar-refractivity contribution in [1.29, 1.82) is 0 Å². The van der Waals surface area contributed by atoms with E-state index in [0.717, 1.165) is 31.6 Å². The van der Waals surface area contributed by atoms with Crippen molar-refractivity contribution in [2.75, 3.05) is 13.2 Å². The zero-order chi connectivity index (χ0) is 10.5. The van der Waals surface area contributed by atoms with Crippen molar-refractivity contribution >= 4 is 0 Å². The molecule has 0 unspecified atom stereocenters. The zero-order valence-electron chi connectivity index (χ0n) is 8.58. The summed E-state index contributed by atoms with van der Waals surface area (Å²) in [6.07, 6.45) is 4.97. The molecule has 3 nitrogen and oxygen atoms in total. The summed E-state index contributed by atoms with van der Waals surface area (Å²) in [4.78, 5) is 3.81. The monoisotopic (exact) mass is 210 g/mol. The molecule has 1 aliphatic heterocycles. The van der Waals surface area contributed by atoms with Gasteiger partial charge in [-0.25, -0.2) is 4.39 Å². The number of rotatable bonds is 3. The maximum absolute atomic E-state index is 12.8. The molecule has 0 saturated carbocycles. The van der Waals surface area contributed by atoms with Gasteiger partial charge in [-0.1, -0.05) is 0 Å². The molecule has 0 atom stereocenters. The third kappa shape index (κ3) is 3.25. The lowest BCUT2D eigenvalue weighted by Gasteiger charge is -2.23. The van der Waals surface area contributed by atoms with Crippen LogP contribution < -0.4 is 5.32 Å². The number of nitrogens with zero attached hydrogens (tertiary/aromatic N) is 1. The molecule has 2 rings (SSSR count). The van der Waals surface area contributed by atoms with Gasteiger partial charge in [0.1, 0.15) is 5.82 Å². The van der Waals surface area contributed by atoms with Gasteiger partial charge >= 0.3 is 0 Å². The van der Waals surface area contributed by atoms with Crippen molar-refractivity contribution in [3.8, 4) is 0 Å².